The topological polar surface area (TPSA) is 109 Å². The molecular weight excluding hydrogens is 516 g/mol. The van der Waals surface area contributed by atoms with Gasteiger partial charge in [0.05, 0.1) is 34.8 Å². The number of hydrogen-bond donors (Lipinski definition) is 0. The second-order valence-corrected chi connectivity index (χ2v) is 9.11. The third-order valence-corrected chi connectivity index (χ3v) is 6.15. The Bertz CT molecular complexity index is 1320. The number of halogens is 1. The molecule has 9 nitrogen and oxygen atoms in total. The number of nitro benzene ring substituents is 1. The number of rotatable bonds is 10. The summed E-state index contributed by atoms with van der Waals surface area (Å²) in [5, 5.41) is 16.7. The van der Waals surface area contributed by atoms with Gasteiger partial charge < -0.3 is 9.47 Å². The van der Waals surface area contributed by atoms with Crippen LogP contribution in [-0.2, 0) is 0 Å². The minimum atomic E-state index is -0.510. The van der Waals surface area contributed by atoms with Gasteiger partial charge in [-0.05, 0) is 51.0 Å². The third kappa shape index (κ3) is 5.87. The summed E-state index contributed by atoms with van der Waals surface area (Å²) >= 11 is 3.40. The van der Waals surface area contributed by atoms with Crippen LogP contribution in [0.25, 0.3) is 10.9 Å². The minimum absolute atomic E-state index is 0.0347. The van der Waals surface area contributed by atoms with Gasteiger partial charge in [-0.25, -0.2) is 4.98 Å². The van der Waals surface area contributed by atoms with Crippen LogP contribution in [0.2, 0.25) is 0 Å². The van der Waals surface area contributed by atoms with Gasteiger partial charge in [-0.1, -0.05) is 36.7 Å². The van der Waals surface area contributed by atoms with Gasteiger partial charge in [0.25, 0.3) is 5.56 Å². The van der Waals surface area contributed by atoms with Gasteiger partial charge in [0.15, 0.2) is 5.75 Å². The number of fused-ring (bicyclic) bond motifs is 1. The highest BCUT2D eigenvalue weighted by Gasteiger charge is 2.24. The normalized spacial score (nSPS) is 13.2. The Balaban J connectivity index is 2.18. The van der Waals surface area contributed by atoms with E-state index in [1.165, 1.54) is 17.0 Å². The van der Waals surface area contributed by atoms with Crippen LogP contribution in [0, 0.1) is 10.1 Å². The Morgan fingerprint density at radius 2 is 1.94 bits per heavy atom. The Kier molecular flexibility index (Phi) is 8.61. The third-order valence-electron chi connectivity index (χ3n) is 5.66. The van der Waals surface area contributed by atoms with Crippen LogP contribution in [0.15, 0.2) is 44.7 Å². The van der Waals surface area contributed by atoms with Crippen LogP contribution < -0.4 is 15.0 Å². The van der Waals surface area contributed by atoms with Crippen molar-refractivity contribution in [2.45, 2.75) is 59.5 Å². The molecule has 0 bridgehead atoms. The first-order chi connectivity index (χ1) is 16.7. The van der Waals surface area contributed by atoms with E-state index >= 15 is 0 Å². The zero-order chi connectivity index (χ0) is 25.7. The monoisotopic (exact) mass is 544 g/mol. The number of nitrogens with zero attached hydrogens (tertiary/aromatic N) is 4. The molecule has 3 rings (SSSR count). The molecule has 186 valence electrons. The maximum Gasteiger partial charge on any atom is 0.315 e. The molecule has 0 aliphatic heterocycles. The Morgan fingerprint density at radius 1 is 1.20 bits per heavy atom. The minimum Gasteiger partial charge on any atom is -0.490 e. The summed E-state index contributed by atoms with van der Waals surface area (Å²) in [6.07, 6.45) is 2.61. The number of aromatic nitrogens is 2. The summed E-state index contributed by atoms with van der Waals surface area (Å²) in [6, 6.07) is 8.31. The number of ether oxygens (including phenoxy) is 2. The Morgan fingerprint density at radius 3 is 2.57 bits per heavy atom. The van der Waals surface area contributed by atoms with Crippen LogP contribution in [0.3, 0.4) is 0 Å². The van der Waals surface area contributed by atoms with Crippen LogP contribution in [0.4, 0.5) is 5.69 Å². The van der Waals surface area contributed by atoms with E-state index in [0.29, 0.717) is 35.3 Å². The molecule has 0 aliphatic rings. The average Bonchev–Trinajstić information content (AvgIpc) is 2.84. The summed E-state index contributed by atoms with van der Waals surface area (Å²) in [5.41, 5.74) is 0.431. The van der Waals surface area contributed by atoms with Crippen molar-refractivity contribution < 1.29 is 14.4 Å². The second-order valence-electron chi connectivity index (χ2n) is 8.20. The molecule has 0 spiro atoms. The highest BCUT2D eigenvalue weighted by Crippen LogP contribution is 2.39. The van der Waals surface area contributed by atoms with Gasteiger partial charge in [0, 0.05) is 22.0 Å². The molecule has 0 N–H and O–H groups in total. The van der Waals surface area contributed by atoms with E-state index in [1.54, 1.807) is 25.1 Å². The van der Waals surface area contributed by atoms with Gasteiger partial charge in [0.2, 0.25) is 5.75 Å². The van der Waals surface area contributed by atoms with Crippen molar-refractivity contribution in [3.63, 3.8) is 0 Å². The average molecular weight is 545 g/mol. The van der Waals surface area contributed by atoms with E-state index in [2.05, 4.69) is 26.0 Å². The van der Waals surface area contributed by atoms with Gasteiger partial charge in [0.1, 0.15) is 5.82 Å². The summed E-state index contributed by atoms with van der Waals surface area (Å²) < 4.78 is 13.5. The summed E-state index contributed by atoms with van der Waals surface area (Å²) in [6.45, 7) is 9.83. The Hall–Kier alpha value is -3.27. The van der Waals surface area contributed by atoms with E-state index in [1.807, 2.05) is 33.8 Å². The van der Waals surface area contributed by atoms with Gasteiger partial charge >= 0.3 is 5.69 Å². The zero-order valence-corrected chi connectivity index (χ0v) is 22.0. The quantitative estimate of drug-likeness (QED) is 0.175. The highest BCUT2D eigenvalue weighted by molar-refractivity contribution is 9.10. The Labute approximate surface area is 212 Å². The first-order valence-electron chi connectivity index (χ1n) is 11.6. The molecule has 1 aromatic heterocycles. The van der Waals surface area contributed by atoms with Crippen molar-refractivity contribution in [3.05, 3.63) is 66.7 Å². The maximum absolute atomic E-state index is 13.3. The zero-order valence-electron chi connectivity index (χ0n) is 20.4. The fourth-order valence-corrected chi connectivity index (χ4v) is 3.75. The van der Waals surface area contributed by atoms with Crippen molar-refractivity contribution in [1.82, 2.24) is 9.66 Å². The van der Waals surface area contributed by atoms with Crippen molar-refractivity contribution in [1.29, 1.82) is 0 Å². The van der Waals surface area contributed by atoms with Crippen LogP contribution in [-0.4, -0.2) is 33.5 Å². The molecule has 1 heterocycles. The molecule has 2 atom stereocenters. The lowest BCUT2D eigenvalue weighted by atomic mass is 10.1. The van der Waals surface area contributed by atoms with Gasteiger partial charge in [-0.2, -0.15) is 9.78 Å². The number of benzene rings is 2. The molecule has 0 unspecified atom stereocenters. The molecule has 0 aliphatic carbocycles. The summed E-state index contributed by atoms with van der Waals surface area (Å²) in [5.74, 6) is 0.809. The van der Waals surface area contributed by atoms with E-state index in [4.69, 9.17) is 9.47 Å². The lowest BCUT2D eigenvalue weighted by Gasteiger charge is -2.17. The fourth-order valence-electron chi connectivity index (χ4n) is 3.39. The first kappa shape index (κ1) is 26.3. The molecular formula is C25H29BrN4O5. The van der Waals surface area contributed by atoms with Crippen molar-refractivity contribution >= 4 is 38.7 Å². The van der Waals surface area contributed by atoms with E-state index < -0.39 is 4.92 Å². The van der Waals surface area contributed by atoms with Crippen LogP contribution >= 0.6 is 15.9 Å². The summed E-state index contributed by atoms with van der Waals surface area (Å²) in [7, 11) is 0. The van der Waals surface area contributed by atoms with Gasteiger partial charge in [-0.3, -0.25) is 14.9 Å². The first-order valence-corrected chi connectivity index (χ1v) is 12.4. The molecule has 0 amide bonds. The van der Waals surface area contributed by atoms with Crippen LogP contribution in [0.5, 0.6) is 11.5 Å². The molecule has 0 radical (unpaired) electrons. The highest BCUT2D eigenvalue weighted by atomic mass is 79.9. The van der Waals surface area contributed by atoms with Crippen LogP contribution in [0.1, 0.15) is 64.8 Å². The molecule has 0 saturated heterocycles. The van der Waals surface area contributed by atoms with E-state index in [0.717, 1.165) is 10.9 Å². The number of hydrogen-bond acceptors (Lipinski definition) is 7. The molecule has 0 saturated carbocycles. The molecule has 3 aromatic rings. The van der Waals surface area contributed by atoms with Crippen molar-refractivity contribution in [2.24, 2.45) is 5.10 Å². The van der Waals surface area contributed by atoms with Crippen molar-refractivity contribution in [2.75, 3.05) is 6.61 Å². The number of nitro groups is 1. The smallest absolute Gasteiger partial charge is 0.315 e. The SMILES string of the molecule is CCOc1cc(C=Nn2c([C@H](C)CC)nc3ccc(Br)cc3c2=O)cc([N+](=O)[O-])c1O[C@@H](C)CC. The summed E-state index contributed by atoms with van der Waals surface area (Å²) in [4.78, 5) is 29.4. The van der Waals surface area contributed by atoms with E-state index in [9.17, 15) is 14.9 Å². The van der Waals surface area contributed by atoms with Crippen molar-refractivity contribution in [3.8, 4) is 11.5 Å². The molecule has 10 heteroatoms. The fraction of sp³-hybridized carbons (Fsp3) is 0.400. The standard InChI is InChI=1S/C25H29BrN4O5/c1-6-15(4)24-28-20-10-9-18(26)13-19(20)25(31)29(24)27-14-17-11-21(30(32)33)23(35-16(5)7-2)22(12-17)34-8-3/h9-16H,6-8H2,1-5H3/t15-,16+/m1/s1. The predicted molar refractivity (Wildman–Crippen MR) is 140 cm³/mol. The maximum atomic E-state index is 13.3. The van der Waals surface area contributed by atoms with E-state index in [-0.39, 0.29) is 34.8 Å². The molecule has 0 fully saturated rings. The molecule has 2 aromatic carbocycles. The second kappa shape index (κ2) is 11.4. The predicted octanol–water partition coefficient (Wildman–Crippen LogP) is 6.04. The lowest BCUT2D eigenvalue weighted by Crippen LogP contribution is -2.23. The largest absolute Gasteiger partial charge is 0.490 e. The van der Waals surface area contributed by atoms with Gasteiger partial charge in [-0.15, -0.1) is 0 Å². The molecule has 35 heavy (non-hydrogen) atoms. The lowest BCUT2D eigenvalue weighted by molar-refractivity contribution is -0.386.